The van der Waals surface area contributed by atoms with E-state index in [-0.39, 0.29) is 18.7 Å². The Hall–Kier alpha value is -2.08. The number of carbonyl (C=O) groups excluding carboxylic acids is 1. The summed E-state index contributed by atoms with van der Waals surface area (Å²) in [6.07, 6.45) is -1.41. The number of rotatable bonds is 4. The number of hydrogen-bond donors (Lipinski definition) is 3. The highest BCUT2D eigenvalue weighted by Gasteiger charge is 2.24. The third-order valence-corrected chi connectivity index (χ3v) is 2.95. The van der Waals surface area contributed by atoms with Gasteiger partial charge in [0.15, 0.2) is 6.10 Å². The Kier molecular flexibility index (Phi) is 3.71. The molecule has 6 nitrogen and oxygen atoms in total. The van der Waals surface area contributed by atoms with Gasteiger partial charge in [0, 0.05) is 6.42 Å². The van der Waals surface area contributed by atoms with E-state index in [4.69, 9.17) is 9.84 Å². The van der Waals surface area contributed by atoms with Crippen molar-refractivity contribution < 1.29 is 24.5 Å². The van der Waals surface area contributed by atoms with E-state index in [0.29, 0.717) is 17.0 Å². The van der Waals surface area contributed by atoms with E-state index in [1.165, 1.54) is 0 Å². The molecule has 0 radical (unpaired) electrons. The summed E-state index contributed by atoms with van der Waals surface area (Å²) in [4.78, 5) is 21.9. The Bertz CT molecular complexity index is 514. The van der Waals surface area contributed by atoms with Crippen LogP contribution in [-0.4, -0.2) is 28.2 Å². The van der Waals surface area contributed by atoms with Crippen LogP contribution >= 0.6 is 0 Å². The van der Waals surface area contributed by atoms with Gasteiger partial charge >= 0.3 is 5.97 Å². The number of hydrogen-bond acceptors (Lipinski definition) is 4. The number of carboxylic acid groups (broad SMARTS) is 1. The monoisotopic (exact) mass is 265 g/mol. The first kappa shape index (κ1) is 13.4. The predicted molar refractivity (Wildman–Crippen MR) is 67.0 cm³/mol. The maximum atomic E-state index is 11.5. The molecule has 1 amide bonds. The summed E-state index contributed by atoms with van der Waals surface area (Å²) < 4.78 is 5.39. The number of carboxylic acids is 1. The molecule has 0 aliphatic carbocycles. The molecule has 19 heavy (non-hydrogen) atoms. The summed E-state index contributed by atoms with van der Waals surface area (Å²) in [6.45, 7) is 1.65. The fraction of sp³-hybridized carbons (Fsp3) is 0.385. The number of ether oxygens (including phenoxy) is 1. The number of amides is 1. The molecule has 1 aromatic carbocycles. The lowest BCUT2D eigenvalue weighted by Gasteiger charge is -2.24. The van der Waals surface area contributed by atoms with E-state index >= 15 is 0 Å². The first-order valence-electron chi connectivity index (χ1n) is 5.98. The van der Waals surface area contributed by atoms with Crippen LogP contribution in [0.5, 0.6) is 5.75 Å². The summed E-state index contributed by atoms with van der Waals surface area (Å²) in [5, 5.41) is 21.1. The zero-order chi connectivity index (χ0) is 14.0. The predicted octanol–water partition coefficient (Wildman–Crippen LogP) is 1.30. The lowest BCUT2D eigenvalue weighted by molar-refractivity contribution is -0.137. The molecule has 2 unspecified atom stereocenters. The summed E-state index contributed by atoms with van der Waals surface area (Å²) >= 11 is 0. The van der Waals surface area contributed by atoms with E-state index in [9.17, 15) is 14.7 Å². The average molecular weight is 265 g/mol. The van der Waals surface area contributed by atoms with Crippen LogP contribution in [0, 0.1) is 0 Å². The van der Waals surface area contributed by atoms with E-state index in [1.54, 1.807) is 25.1 Å². The van der Waals surface area contributed by atoms with Crippen LogP contribution < -0.4 is 10.1 Å². The maximum Gasteiger partial charge on any atom is 0.303 e. The second-order valence-corrected chi connectivity index (χ2v) is 4.45. The zero-order valence-corrected chi connectivity index (χ0v) is 10.4. The molecule has 2 atom stereocenters. The van der Waals surface area contributed by atoms with Gasteiger partial charge in [-0.2, -0.15) is 0 Å². The standard InChI is InChI=1S/C13H15NO5/c1-7-13(18)14-9-6-8(2-4-11(9)19-7)10(15)3-5-12(16)17/h2,4,6-7,10,15H,3,5H2,1H3,(H,14,18)(H,16,17). The molecule has 0 fully saturated rings. The first-order chi connectivity index (χ1) is 8.97. The van der Waals surface area contributed by atoms with Crippen LogP contribution in [0.2, 0.25) is 0 Å². The van der Waals surface area contributed by atoms with Gasteiger partial charge in [0.1, 0.15) is 5.75 Å². The molecule has 3 N–H and O–H groups in total. The molecule has 1 aromatic rings. The molecular weight excluding hydrogens is 250 g/mol. The summed E-state index contributed by atoms with van der Waals surface area (Å²) in [5.41, 5.74) is 1.05. The van der Waals surface area contributed by atoms with E-state index in [0.717, 1.165) is 0 Å². The molecule has 1 heterocycles. The van der Waals surface area contributed by atoms with Crippen LogP contribution in [-0.2, 0) is 9.59 Å². The van der Waals surface area contributed by atoms with Crippen molar-refractivity contribution in [3.63, 3.8) is 0 Å². The molecule has 2 rings (SSSR count). The van der Waals surface area contributed by atoms with Crippen molar-refractivity contribution in [2.45, 2.75) is 32.0 Å². The van der Waals surface area contributed by atoms with Crippen molar-refractivity contribution in [3.05, 3.63) is 23.8 Å². The fourth-order valence-electron chi connectivity index (χ4n) is 1.86. The number of benzene rings is 1. The molecule has 1 aliphatic heterocycles. The Morgan fingerprint density at radius 2 is 2.26 bits per heavy atom. The van der Waals surface area contributed by atoms with Crippen molar-refractivity contribution in [2.24, 2.45) is 0 Å². The molecule has 6 heteroatoms. The van der Waals surface area contributed by atoms with Gasteiger partial charge in [-0.1, -0.05) is 6.07 Å². The van der Waals surface area contributed by atoms with Gasteiger partial charge in [0.25, 0.3) is 5.91 Å². The number of aliphatic hydroxyl groups excluding tert-OH is 1. The normalized spacial score (nSPS) is 19.1. The molecule has 0 aromatic heterocycles. The summed E-state index contributed by atoms with van der Waals surface area (Å²) in [6, 6.07) is 4.92. The minimum absolute atomic E-state index is 0.113. The number of aliphatic hydroxyl groups is 1. The first-order valence-corrected chi connectivity index (χ1v) is 5.98. The number of aliphatic carboxylic acids is 1. The lowest BCUT2D eigenvalue weighted by Crippen LogP contribution is -2.34. The second-order valence-electron chi connectivity index (χ2n) is 4.45. The van der Waals surface area contributed by atoms with E-state index in [2.05, 4.69) is 5.32 Å². The van der Waals surface area contributed by atoms with E-state index in [1.807, 2.05) is 0 Å². The summed E-state index contributed by atoms with van der Waals surface area (Å²) in [7, 11) is 0. The molecule has 0 saturated heterocycles. The van der Waals surface area contributed by atoms with Gasteiger partial charge in [-0.15, -0.1) is 0 Å². The third kappa shape index (κ3) is 3.03. The quantitative estimate of drug-likeness (QED) is 0.762. The van der Waals surface area contributed by atoms with E-state index < -0.39 is 18.2 Å². The van der Waals surface area contributed by atoms with Crippen LogP contribution in [0.1, 0.15) is 31.4 Å². The van der Waals surface area contributed by atoms with Crippen LogP contribution in [0.4, 0.5) is 5.69 Å². The van der Waals surface area contributed by atoms with Crippen molar-refractivity contribution in [2.75, 3.05) is 5.32 Å². The van der Waals surface area contributed by atoms with Crippen LogP contribution in [0.15, 0.2) is 18.2 Å². The minimum Gasteiger partial charge on any atom is -0.481 e. The van der Waals surface area contributed by atoms with Crippen molar-refractivity contribution in [1.82, 2.24) is 0 Å². The van der Waals surface area contributed by atoms with Crippen molar-refractivity contribution in [3.8, 4) is 5.75 Å². The number of nitrogens with one attached hydrogen (secondary N) is 1. The summed E-state index contributed by atoms with van der Waals surface area (Å²) in [5.74, 6) is -0.659. The highest BCUT2D eigenvalue weighted by atomic mass is 16.5. The second kappa shape index (κ2) is 5.27. The average Bonchev–Trinajstić information content (AvgIpc) is 2.36. The minimum atomic E-state index is -0.956. The van der Waals surface area contributed by atoms with Gasteiger partial charge in [-0.3, -0.25) is 9.59 Å². The SMILES string of the molecule is CC1Oc2ccc(C(O)CCC(=O)O)cc2NC1=O. The molecule has 1 aliphatic rings. The lowest BCUT2D eigenvalue weighted by atomic mass is 10.0. The highest BCUT2D eigenvalue weighted by Crippen LogP contribution is 2.33. The van der Waals surface area contributed by atoms with Gasteiger partial charge in [-0.05, 0) is 31.0 Å². The van der Waals surface area contributed by atoms with Crippen LogP contribution in [0.25, 0.3) is 0 Å². The van der Waals surface area contributed by atoms with Gasteiger partial charge < -0.3 is 20.3 Å². The molecule has 102 valence electrons. The Labute approximate surface area is 110 Å². The Morgan fingerprint density at radius 3 is 2.95 bits per heavy atom. The molecule has 0 spiro atoms. The fourth-order valence-corrected chi connectivity index (χ4v) is 1.86. The molecular formula is C13H15NO5. The largest absolute Gasteiger partial charge is 0.481 e. The maximum absolute atomic E-state index is 11.5. The third-order valence-electron chi connectivity index (χ3n) is 2.95. The zero-order valence-electron chi connectivity index (χ0n) is 10.4. The number of carbonyl (C=O) groups is 2. The van der Waals surface area contributed by atoms with Crippen molar-refractivity contribution in [1.29, 1.82) is 0 Å². The van der Waals surface area contributed by atoms with Gasteiger partial charge in [0.2, 0.25) is 0 Å². The highest BCUT2D eigenvalue weighted by molar-refractivity contribution is 5.97. The van der Waals surface area contributed by atoms with Gasteiger partial charge in [0.05, 0.1) is 11.8 Å². The van der Waals surface area contributed by atoms with Crippen molar-refractivity contribution >= 4 is 17.6 Å². The molecule has 0 saturated carbocycles. The Morgan fingerprint density at radius 1 is 1.53 bits per heavy atom. The topological polar surface area (TPSA) is 95.9 Å². The van der Waals surface area contributed by atoms with Crippen LogP contribution in [0.3, 0.4) is 0 Å². The number of anilines is 1. The smallest absolute Gasteiger partial charge is 0.303 e. The Balaban J connectivity index is 2.14. The van der Waals surface area contributed by atoms with Gasteiger partial charge in [-0.25, -0.2) is 0 Å². The molecule has 0 bridgehead atoms. The number of fused-ring (bicyclic) bond motifs is 1.